The number of thiophene rings is 1. The van der Waals surface area contributed by atoms with Crippen molar-refractivity contribution in [2.24, 2.45) is 0 Å². The smallest absolute Gasteiger partial charge is 0.304 e. The zero-order valence-corrected chi connectivity index (χ0v) is 12.1. The highest BCUT2D eigenvalue weighted by atomic mass is 32.2. The van der Waals surface area contributed by atoms with Crippen LogP contribution in [0.25, 0.3) is 10.4 Å². The molecule has 0 radical (unpaired) electrons. The average Bonchev–Trinajstić information content (AvgIpc) is 2.90. The zero-order chi connectivity index (χ0) is 14.6. The Hall–Kier alpha value is -1.86. The Morgan fingerprint density at radius 1 is 1.20 bits per heavy atom. The molecule has 7 heteroatoms. The number of carbonyl (C=O) groups is 1. The Balaban J connectivity index is 2.24. The predicted molar refractivity (Wildman–Crippen MR) is 79.4 cm³/mol. The number of carboxylic acids is 1. The van der Waals surface area contributed by atoms with Crippen molar-refractivity contribution >= 4 is 33.0 Å². The lowest BCUT2D eigenvalue weighted by atomic mass is 10.1. The highest BCUT2D eigenvalue weighted by Gasteiger charge is 2.15. The molecule has 0 unspecified atom stereocenters. The van der Waals surface area contributed by atoms with E-state index < -0.39 is 28.2 Å². The van der Waals surface area contributed by atoms with E-state index in [9.17, 15) is 13.2 Å². The van der Waals surface area contributed by atoms with E-state index in [4.69, 9.17) is 5.11 Å². The summed E-state index contributed by atoms with van der Waals surface area (Å²) in [7, 11) is -3.67. The Morgan fingerprint density at radius 2 is 1.95 bits per heavy atom. The molecule has 2 N–H and O–H groups in total. The first-order valence-electron chi connectivity index (χ1n) is 5.83. The maximum absolute atomic E-state index is 11.9. The van der Waals surface area contributed by atoms with Gasteiger partial charge in [0.15, 0.2) is 0 Å². The van der Waals surface area contributed by atoms with Crippen LogP contribution in [0, 0.1) is 0 Å². The predicted octanol–water partition coefficient (Wildman–Crippen LogP) is 2.63. The molecule has 1 heterocycles. The molecule has 0 spiro atoms. The lowest BCUT2D eigenvalue weighted by molar-refractivity contribution is -0.136. The molecule has 1 aromatic carbocycles. The normalized spacial score (nSPS) is 11.2. The van der Waals surface area contributed by atoms with E-state index in [-0.39, 0.29) is 0 Å². The molecule has 0 saturated carbocycles. The number of nitrogens with one attached hydrogen (secondary N) is 1. The zero-order valence-electron chi connectivity index (χ0n) is 10.4. The van der Waals surface area contributed by atoms with Crippen molar-refractivity contribution in [1.82, 2.24) is 0 Å². The third-order valence-electron chi connectivity index (χ3n) is 2.56. The topological polar surface area (TPSA) is 83.5 Å². The third-order valence-corrected chi connectivity index (χ3v) is 4.74. The van der Waals surface area contributed by atoms with Crippen molar-refractivity contribution in [2.75, 3.05) is 10.5 Å². The molecule has 0 aliphatic carbocycles. The maximum Gasteiger partial charge on any atom is 0.304 e. The summed E-state index contributed by atoms with van der Waals surface area (Å²) in [4.78, 5) is 11.4. The molecule has 106 valence electrons. The minimum absolute atomic E-state index is 0.420. The molecule has 1 aromatic heterocycles. The molecule has 5 nitrogen and oxygen atoms in total. The number of hydrogen-bond donors (Lipinski definition) is 2. The number of rotatable bonds is 6. The van der Waals surface area contributed by atoms with E-state index in [1.807, 2.05) is 29.6 Å². The third kappa shape index (κ3) is 3.82. The Bertz CT molecular complexity index is 693. The average molecular weight is 311 g/mol. The van der Waals surface area contributed by atoms with Gasteiger partial charge in [0, 0.05) is 10.4 Å². The van der Waals surface area contributed by atoms with E-state index in [1.165, 1.54) is 11.3 Å². The summed E-state index contributed by atoms with van der Waals surface area (Å²) >= 11 is 1.51. The van der Waals surface area contributed by atoms with Crippen LogP contribution in [0.2, 0.25) is 0 Å². The number of benzene rings is 1. The fraction of sp³-hybridized carbons (Fsp3) is 0.154. The second-order valence-corrected chi connectivity index (χ2v) is 6.88. The molecular formula is C13H13NO4S2. The van der Waals surface area contributed by atoms with Crippen LogP contribution in [-0.2, 0) is 14.8 Å². The van der Waals surface area contributed by atoms with E-state index in [0.29, 0.717) is 5.69 Å². The highest BCUT2D eigenvalue weighted by molar-refractivity contribution is 7.92. The van der Waals surface area contributed by atoms with Crippen molar-refractivity contribution in [1.29, 1.82) is 0 Å². The summed E-state index contributed by atoms with van der Waals surface area (Å²) < 4.78 is 26.2. The second kappa shape index (κ2) is 6.06. The van der Waals surface area contributed by atoms with Gasteiger partial charge in [0.1, 0.15) is 0 Å². The van der Waals surface area contributed by atoms with Gasteiger partial charge in [-0.1, -0.05) is 24.3 Å². The number of anilines is 1. The van der Waals surface area contributed by atoms with Crippen LogP contribution in [0.15, 0.2) is 41.8 Å². The van der Waals surface area contributed by atoms with Gasteiger partial charge >= 0.3 is 5.97 Å². The quantitative estimate of drug-likeness (QED) is 0.859. The SMILES string of the molecule is O=C(O)CCS(=O)(=O)Nc1ccccc1-c1cccs1. The first kappa shape index (κ1) is 14.5. The summed E-state index contributed by atoms with van der Waals surface area (Å²) in [5, 5.41) is 10.5. The minimum Gasteiger partial charge on any atom is -0.481 e. The number of para-hydroxylation sites is 1. The van der Waals surface area contributed by atoms with Crippen molar-refractivity contribution in [2.45, 2.75) is 6.42 Å². The van der Waals surface area contributed by atoms with Crippen molar-refractivity contribution in [3.05, 3.63) is 41.8 Å². The number of carboxylic acid groups (broad SMARTS) is 1. The molecule has 0 aliphatic heterocycles. The molecule has 0 fully saturated rings. The summed E-state index contributed by atoms with van der Waals surface area (Å²) in [6.07, 6.45) is -0.420. The van der Waals surface area contributed by atoms with Gasteiger partial charge in [0.25, 0.3) is 0 Å². The molecule has 0 bridgehead atoms. The Morgan fingerprint density at radius 3 is 2.60 bits per heavy atom. The van der Waals surface area contributed by atoms with E-state index in [0.717, 1.165) is 10.4 Å². The fourth-order valence-corrected chi connectivity index (χ4v) is 3.48. The lowest BCUT2D eigenvalue weighted by Gasteiger charge is -2.11. The molecule has 2 rings (SSSR count). The van der Waals surface area contributed by atoms with Gasteiger partial charge in [0.2, 0.25) is 10.0 Å². The van der Waals surface area contributed by atoms with Crippen molar-refractivity contribution in [3.8, 4) is 10.4 Å². The van der Waals surface area contributed by atoms with E-state index in [2.05, 4.69) is 4.72 Å². The fourth-order valence-electron chi connectivity index (χ4n) is 1.66. The van der Waals surface area contributed by atoms with Gasteiger partial charge in [-0.15, -0.1) is 11.3 Å². The number of sulfonamides is 1. The van der Waals surface area contributed by atoms with Gasteiger partial charge in [-0.25, -0.2) is 8.42 Å². The molecule has 0 aliphatic rings. The van der Waals surface area contributed by atoms with Crippen molar-refractivity contribution in [3.63, 3.8) is 0 Å². The standard InChI is InChI=1S/C13H13NO4S2/c15-13(16)7-9-20(17,18)14-11-5-2-1-4-10(11)12-6-3-8-19-12/h1-6,8,14H,7,9H2,(H,15,16). The number of hydrogen-bond acceptors (Lipinski definition) is 4. The Kier molecular flexibility index (Phi) is 4.41. The van der Waals surface area contributed by atoms with Crippen LogP contribution >= 0.6 is 11.3 Å². The first-order chi connectivity index (χ1) is 9.48. The first-order valence-corrected chi connectivity index (χ1v) is 8.36. The summed E-state index contributed by atoms with van der Waals surface area (Å²) in [6, 6.07) is 10.8. The van der Waals surface area contributed by atoms with Crippen LogP contribution in [0.4, 0.5) is 5.69 Å². The minimum atomic E-state index is -3.67. The van der Waals surface area contributed by atoms with Gasteiger partial charge in [-0.3, -0.25) is 9.52 Å². The van der Waals surface area contributed by atoms with Crippen molar-refractivity contribution < 1.29 is 18.3 Å². The maximum atomic E-state index is 11.9. The lowest BCUT2D eigenvalue weighted by Crippen LogP contribution is -2.19. The second-order valence-electron chi connectivity index (χ2n) is 4.09. The van der Waals surface area contributed by atoms with Crippen LogP contribution in [-0.4, -0.2) is 25.2 Å². The van der Waals surface area contributed by atoms with Crippen LogP contribution in [0.1, 0.15) is 6.42 Å². The summed E-state index contributed by atoms with van der Waals surface area (Å²) in [5.41, 5.74) is 1.24. The summed E-state index contributed by atoms with van der Waals surface area (Å²) in [5.74, 6) is -1.58. The van der Waals surface area contributed by atoms with Crippen LogP contribution in [0.5, 0.6) is 0 Å². The van der Waals surface area contributed by atoms with E-state index in [1.54, 1.807) is 12.1 Å². The highest BCUT2D eigenvalue weighted by Crippen LogP contribution is 2.31. The monoisotopic (exact) mass is 311 g/mol. The molecular weight excluding hydrogens is 298 g/mol. The van der Waals surface area contributed by atoms with E-state index >= 15 is 0 Å². The molecule has 0 saturated heterocycles. The van der Waals surface area contributed by atoms with Gasteiger partial charge < -0.3 is 5.11 Å². The molecule has 2 aromatic rings. The van der Waals surface area contributed by atoms with Gasteiger partial charge in [-0.05, 0) is 17.5 Å². The van der Waals surface area contributed by atoms with Gasteiger partial charge in [-0.2, -0.15) is 0 Å². The van der Waals surface area contributed by atoms with Gasteiger partial charge in [0.05, 0.1) is 17.9 Å². The largest absolute Gasteiger partial charge is 0.481 e. The molecule has 20 heavy (non-hydrogen) atoms. The summed E-state index contributed by atoms with van der Waals surface area (Å²) in [6.45, 7) is 0. The molecule has 0 atom stereocenters. The van der Waals surface area contributed by atoms with Crippen LogP contribution < -0.4 is 4.72 Å². The number of aliphatic carboxylic acids is 1. The Labute approximate surface area is 120 Å². The van der Waals surface area contributed by atoms with Crippen LogP contribution in [0.3, 0.4) is 0 Å². The molecule has 0 amide bonds.